The van der Waals surface area contributed by atoms with E-state index in [1.165, 1.54) is 32.1 Å². The van der Waals surface area contributed by atoms with Crippen LogP contribution in [0, 0.1) is 5.92 Å². The number of nitrogens with one attached hydrogen (secondary N) is 3. The van der Waals surface area contributed by atoms with Gasteiger partial charge in [0.25, 0.3) is 0 Å². The van der Waals surface area contributed by atoms with E-state index in [0.29, 0.717) is 36.4 Å². The second-order valence-corrected chi connectivity index (χ2v) is 8.31. The molecule has 1 saturated carbocycles. The van der Waals surface area contributed by atoms with E-state index < -0.39 is 0 Å². The average Bonchev–Trinajstić information content (AvgIpc) is 3.13. The smallest absolute Gasteiger partial charge is 0.321 e. The van der Waals surface area contributed by atoms with Gasteiger partial charge in [-0.2, -0.15) is 0 Å². The van der Waals surface area contributed by atoms with Crippen LogP contribution in [0.5, 0.6) is 0 Å². The third-order valence-corrected chi connectivity index (χ3v) is 6.01. The highest BCUT2D eigenvalue weighted by Crippen LogP contribution is 2.22. The quantitative estimate of drug-likeness (QED) is 0.549. The lowest BCUT2D eigenvalue weighted by Gasteiger charge is -2.22. The number of para-hydroxylation sites is 1. The predicted octanol–water partition coefficient (Wildman–Crippen LogP) is 5.88. The average molecular weight is 439 g/mol. The van der Waals surface area contributed by atoms with E-state index in [2.05, 4.69) is 16.0 Å². The summed E-state index contributed by atoms with van der Waals surface area (Å²) in [7, 11) is 0. The molecule has 7 heteroatoms. The molecule has 170 valence electrons. The molecule has 0 radical (unpaired) electrons. The van der Waals surface area contributed by atoms with E-state index in [9.17, 15) is 9.59 Å². The zero-order chi connectivity index (χ0) is 19.8. The molecule has 1 aliphatic heterocycles. The van der Waals surface area contributed by atoms with E-state index in [4.69, 9.17) is 11.6 Å². The Balaban J connectivity index is 0.00000225. The molecule has 1 aromatic rings. The first-order valence-electron chi connectivity index (χ1n) is 10.5. The van der Waals surface area contributed by atoms with Crippen LogP contribution in [0.15, 0.2) is 24.3 Å². The molecule has 2 fully saturated rings. The number of halogens is 1. The van der Waals surface area contributed by atoms with Crippen LogP contribution >= 0.6 is 11.6 Å². The SMILES string of the molecule is C.C.O=C(NCC1CCN(C(=O)Nc2ccccc2Cl)C1)NC1CCCCCCC1. The number of hydrogen-bond acceptors (Lipinski definition) is 2. The van der Waals surface area contributed by atoms with Gasteiger partial charge in [0, 0.05) is 25.7 Å². The first-order chi connectivity index (χ1) is 13.6. The summed E-state index contributed by atoms with van der Waals surface area (Å²) in [6.45, 7) is 1.92. The Bertz CT molecular complexity index is 662. The van der Waals surface area contributed by atoms with Crippen molar-refractivity contribution in [3.05, 3.63) is 29.3 Å². The summed E-state index contributed by atoms with van der Waals surface area (Å²) in [5.41, 5.74) is 0.620. The molecule has 1 saturated heterocycles. The second kappa shape index (κ2) is 13.4. The monoisotopic (exact) mass is 438 g/mol. The fourth-order valence-corrected chi connectivity index (χ4v) is 4.20. The van der Waals surface area contributed by atoms with Crippen molar-refractivity contribution in [2.75, 3.05) is 25.0 Å². The van der Waals surface area contributed by atoms with Crippen LogP contribution in [0.2, 0.25) is 5.02 Å². The number of benzene rings is 1. The standard InChI is InChI=1S/C21H31ClN4O2.2CH4/c22-18-10-6-7-11-19(18)25-21(28)26-13-12-16(15-26)14-23-20(27)24-17-8-4-2-1-3-5-9-17;;/h6-7,10-11,16-17H,1-5,8-9,12-15H2,(H,25,28)(H2,23,24,27);2*1H4. The Kier molecular flexibility index (Phi) is 11.6. The molecule has 0 aromatic heterocycles. The van der Waals surface area contributed by atoms with Gasteiger partial charge in [0.15, 0.2) is 0 Å². The van der Waals surface area contributed by atoms with Crippen molar-refractivity contribution in [2.45, 2.75) is 72.3 Å². The van der Waals surface area contributed by atoms with Crippen LogP contribution in [-0.2, 0) is 0 Å². The molecule has 1 aliphatic carbocycles. The summed E-state index contributed by atoms with van der Waals surface area (Å²) in [5, 5.41) is 9.51. The van der Waals surface area contributed by atoms with Crippen molar-refractivity contribution >= 4 is 29.4 Å². The van der Waals surface area contributed by atoms with Gasteiger partial charge >= 0.3 is 12.1 Å². The number of likely N-dealkylation sites (tertiary alicyclic amines) is 1. The maximum atomic E-state index is 12.4. The lowest BCUT2D eigenvalue weighted by Crippen LogP contribution is -2.44. The molecular formula is C23H39ClN4O2. The molecule has 1 unspecified atom stereocenters. The maximum absolute atomic E-state index is 12.4. The summed E-state index contributed by atoms with van der Waals surface area (Å²) in [4.78, 5) is 26.4. The van der Waals surface area contributed by atoms with Gasteiger partial charge < -0.3 is 20.9 Å². The number of urea groups is 2. The largest absolute Gasteiger partial charge is 0.338 e. The van der Waals surface area contributed by atoms with Gasteiger partial charge in [-0.05, 0) is 37.3 Å². The van der Waals surface area contributed by atoms with Gasteiger partial charge in [-0.15, -0.1) is 0 Å². The van der Waals surface area contributed by atoms with Crippen molar-refractivity contribution in [3.8, 4) is 0 Å². The third kappa shape index (κ3) is 8.05. The molecule has 0 spiro atoms. The predicted molar refractivity (Wildman–Crippen MR) is 126 cm³/mol. The van der Waals surface area contributed by atoms with Gasteiger partial charge in [0.1, 0.15) is 0 Å². The van der Waals surface area contributed by atoms with Gasteiger partial charge in [0.05, 0.1) is 10.7 Å². The van der Waals surface area contributed by atoms with Crippen LogP contribution in [0.3, 0.4) is 0 Å². The molecular weight excluding hydrogens is 400 g/mol. The Morgan fingerprint density at radius 1 is 1.00 bits per heavy atom. The van der Waals surface area contributed by atoms with E-state index in [0.717, 1.165) is 19.3 Å². The van der Waals surface area contributed by atoms with Crippen molar-refractivity contribution in [3.63, 3.8) is 0 Å². The van der Waals surface area contributed by atoms with E-state index in [1.54, 1.807) is 17.0 Å². The molecule has 30 heavy (non-hydrogen) atoms. The highest BCUT2D eigenvalue weighted by molar-refractivity contribution is 6.33. The number of anilines is 1. The second-order valence-electron chi connectivity index (χ2n) is 7.91. The Labute approximate surface area is 187 Å². The minimum absolute atomic E-state index is 0. The Morgan fingerprint density at radius 3 is 2.37 bits per heavy atom. The number of rotatable bonds is 4. The van der Waals surface area contributed by atoms with Crippen LogP contribution in [0.25, 0.3) is 0 Å². The van der Waals surface area contributed by atoms with Crippen LogP contribution < -0.4 is 16.0 Å². The molecule has 1 aromatic carbocycles. The summed E-state index contributed by atoms with van der Waals surface area (Å²) in [6, 6.07) is 7.28. The highest BCUT2D eigenvalue weighted by atomic mass is 35.5. The molecule has 0 bridgehead atoms. The first kappa shape index (κ1) is 26.1. The summed E-state index contributed by atoms with van der Waals surface area (Å²) in [6.07, 6.45) is 9.30. The fraction of sp³-hybridized carbons (Fsp3) is 0.652. The Morgan fingerprint density at radius 2 is 1.67 bits per heavy atom. The van der Waals surface area contributed by atoms with Crippen LogP contribution in [-0.4, -0.2) is 42.6 Å². The van der Waals surface area contributed by atoms with Gasteiger partial charge in [-0.1, -0.05) is 70.7 Å². The highest BCUT2D eigenvalue weighted by Gasteiger charge is 2.27. The zero-order valence-electron chi connectivity index (χ0n) is 16.4. The molecule has 4 amide bonds. The third-order valence-electron chi connectivity index (χ3n) is 5.68. The lowest BCUT2D eigenvalue weighted by molar-refractivity contribution is 0.220. The van der Waals surface area contributed by atoms with Crippen molar-refractivity contribution < 1.29 is 9.59 Å². The minimum Gasteiger partial charge on any atom is -0.338 e. The van der Waals surface area contributed by atoms with E-state index in [1.807, 2.05) is 12.1 Å². The molecule has 6 nitrogen and oxygen atoms in total. The van der Waals surface area contributed by atoms with Gasteiger partial charge in [0.2, 0.25) is 0 Å². The van der Waals surface area contributed by atoms with Crippen molar-refractivity contribution in [1.82, 2.24) is 15.5 Å². The zero-order valence-corrected chi connectivity index (χ0v) is 17.1. The van der Waals surface area contributed by atoms with Gasteiger partial charge in [-0.25, -0.2) is 9.59 Å². The molecule has 3 rings (SSSR count). The molecule has 1 heterocycles. The minimum atomic E-state index is -0.144. The topological polar surface area (TPSA) is 73.5 Å². The summed E-state index contributed by atoms with van der Waals surface area (Å²) in [5.74, 6) is 0.278. The molecule has 1 atom stereocenters. The molecule has 3 N–H and O–H groups in total. The lowest BCUT2D eigenvalue weighted by atomic mass is 9.97. The summed E-state index contributed by atoms with van der Waals surface area (Å²) >= 11 is 6.10. The molecule has 2 aliphatic rings. The number of carbonyl (C=O) groups excluding carboxylic acids is 2. The maximum Gasteiger partial charge on any atom is 0.321 e. The van der Waals surface area contributed by atoms with Crippen molar-refractivity contribution in [2.24, 2.45) is 5.92 Å². The Hall–Kier alpha value is -1.95. The van der Waals surface area contributed by atoms with Gasteiger partial charge in [-0.3, -0.25) is 0 Å². The fourth-order valence-electron chi connectivity index (χ4n) is 4.01. The van der Waals surface area contributed by atoms with E-state index in [-0.39, 0.29) is 32.8 Å². The van der Waals surface area contributed by atoms with Crippen molar-refractivity contribution in [1.29, 1.82) is 0 Å². The number of carbonyl (C=O) groups is 2. The van der Waals surface area contributed by atoms with E-state index >= 15 is 0 Å². The summed E-state index contributed by atoms with van der Waals surface area (Å²) < 4.78 is 0. The number of hydrogen-bond donors (Lipinski definition) is 3. The normalized spacial score (nSPS) is 19.5. The number of nitrogens with zero attached hydrogens (tertiary/aromatic N) is 1. The first-order valence-corrected chi connectivity index (χ1v) is 10.8. The number of amides is 4. The van der Waals surface area contributed by atoms with Crippen LogP contribution in [0.1, 0.15) is 66.2 Å². The van der Waals surface area contributed by atoms with Crippen LogP contribution in [0.4, 0.5) is 15.3 Å².